The highest BCUT2D eigenvalue weighted by molar-refractivity contribution is 5.30. The third-order valence-electron chi connectivity index (χ3n) is 3.95. The first-order chi connectivity index (χ1) is 9.76. The monoisotopic (exact) mass is 272 g/mol. The third-order valence-corrected chi connectivity index (χ3v) is 3.95. The zero-order valence-corrected chi connectivity index (χ0v) is 11.7. The summed E-state index contributed by atoms with van der Waals surface area (Å²) in [6, 6.07) is 8.64. The summed E-state index contributed by atoms with van der Waals surface area (Å²) in [5, 5.41) is 3.96. The fourth-order valence-electron chi connectivity index (χ4n) is 2.91. The van der Waals surface area contributed by atoms with Crippen LogP contribution in [-0.4, -0.2) is 28.1 Å². The van der Waals surface area contributed by atoms with E-state index in [9.17, 15) is 0 Å². The average molecular weight is 272 g/mol. The molecule has 0 radical (unpaired) electrons. The fourth-order valence-corrected chi connectivity index (χ4v) is 2.91. The summed E-state index contributed by atoms with van der Waals surface area (Å²) in [6.45, 7) is 5.36. The molecule has 3 rings (SSSR count). The van der Waals surface area contributed by atoms with Gasteiger partial charge in [-0.1, -0.05) is 29.4 Å². The summed E-state index contributed by atoms with van der Waals surface area (Å²) in [5.74, 6) is 1.85. The summed E-state index contributed by atoms with van der Waals surface area (Å²) < 4.78 is 5.04. The first-order valence-corrected chi connectivity index (χ1v) is 7.05. The molecule has 1 aromatic carbocycles. The molecule has 5 nitrogen and oxygen atoms in total. The maximum atomic E-state index is 5.48. The number of aromatic nitrogens is 2. The molecule has 1 unspecified atom stereocenters. The lowest BCUT2D eigenvalue weighted by molar-refractivity contribution is 0.306. The molecule has 1 saturated heterocycles. The van der Waals surface area contributed by atoms with E-state index in [-0.39, 0.29) is 0 Å². The lowest BCUT2D eigenvalue weighted by atomic mass is 9.94. The molecule has 0 amide bonds. The van der Waals surface area contributed by atoms with Gasteiger partial charge in [0.1, 0.15) is 0 Å². The smallest absolute Gasteiger partial charge is 0.240 e. The van der Waals surface area contributed by atoms with Crippen LogP contribution >= 0.6 is 0 Å². The van der Waals surface area contributed by atoms with Gasteiger partial charge in [0.15, 0.2) is 5.82 Å². The molecule has 2 N–H and O–H groups in total. The van der Waals surface area contributed by atoms with Crippen molar-refractivity contribution >= 4 is 0 Å². The highest BCUT2D eigenvalue weighted by atomic mass is 16.5. The second-order valence-corrected chi connectivity index (χ2v) is 5.39. The minimum Gasteiger partial charge on any atom is -0.338 e. The van der Waals surface area contributed by atoms with Gasteiger partial charge < -0.3 is 10.3 Å². The van der Waals surface area contributed by atoms with E-state index in [1.807, 2.05) is 0 Å². The standard InChI is InChI=1S/C15H20N4O/c1-11-4-2-3-5-13(11)12-6-7-19(9-12)10-14-17-15(8-16)20-18-14/h2-5,12H,6-10,16H2,1H3. The van der Waals surface area contributed by atoms with Crippen LogP contribution in [0.15, 0.2) is 28.8 Å². The van der Waals surface area contributed by atoms with Gasteiger partial charge in [0.2, 0.25) is 5.89 Å². The Hall–Kier alpha value is -1.72. The van der Waals surface area contributed by atoms with Gasteiger partial charge in [-0.25, -0.2) is 0 Å². The van der Waals surface area contributed by atoms with E-state index in [2.05, 4.69) is 46.2 Å². The minimum absolute atomic E-state index is 0.304. The molecule has 0 spiro atoms. The lowest BCUT2D eigenvalue weighted by Crippen LogP contribution is -2.20. The Kier molecular flexibility index (Phi) is 3.80. The molecule has 0 bridgehead atoms. The van der Waals surface area contributed by atoms with Crippen molar-refractivity contribution in [3.05, 3.63) is 47.1 Å². The number of aryl methyl sites for hydroxylation is 1. The highest BCUT2D eigenvalue weighted by Gasteiger charge is 2.25. The zero-order valence-electron chi connectivity index (χ0n) is 11.7. The number of benzene rings is 1. The van der Waals surface area contributed by atoms with Crippen LogP contribution in [0, 0.1) is 6.92 Å². The molecule has 1 aromatic heterocycles. The number of rotatable bonds is 4. The Balaban J connectivity index is 1.63. The molecule has 1 atom stereocenters. The van der Waals surface area contributed by atoms with Crippen LogP contribution in [0.4, 0.5) is 0 Å². The van der Waals surface area contributed by atoms with Crippen LogP contribution in [0.2, 0.25) is 0 Å². The van der Waals surface area contributed by atoms with E-state index in [1.54, 1.807) is 0 Å². The van der Waals surface area contributed by atoms with Crippen LogP contribution in [-0.2, 0) is 13.1 Å². The van der Waals surface area contributed by atoms with Crippen molar-refractivity contribution in [3.8, 4) is 0 Å². The molecule has 20 heavy (non-hydrogen) atoms. The molecule has 2 aromatic rings. The molecule has 2 heterocycles. The van der Waals surface area contributed by atoms with Crippen molar-refractivity contribution in [2.45, 2.75) is 32.4 Å². The molecule has 1 aliphatic rings. The van der Waals surface area contributed by atoms with E-state index < -0.39 is 0 Å². The molecule has 1 fully saturated rings. The van der Waals surface area contributed by atoms with E-state index in [1.165, 1.54) is 17.5 Å². The number of hydrogen-bond acceptors (Lipinski definition) is 5. The number of nitrogens with zero attached hydrogens (tertiary/aromatic N) is 3. The quantitative estimate of drug-likeness (QED) is 0.919. The van der Waals surface area contributed by atoms with Crippen LogP contribution in [0.1, 0.15) is 35.2 Å². The molecule has 1 aliphatic heterocycles. The number of likely N-dealkylation sites (tertiary alicyclic amines) is 1. The predicted molar refractivity (Wildman–Crippen MR) is 76.0 cm³/mol. The molecule has 5 heteroatoms. The van der Waals surface area contributed by atoms with Gasteiger partial charge in [-0.15, -0.1) is 0 Å². The van der Waals surface area contributed by atoms with Crippen molar-refractivity contribution in [1.82, 2.24) is 15.0 Å². The number of nitrogens with two attached hydrogens (primary N) is 1. The first kappa shape index (κ1) is 13.3. The first-order valence-electron chi connectivity index (χ1n) is 7.05. The van der Waals surface area contributed by atoms with Crippen LogP contribution < -0.4 is 5.73 Å². The van der Waals surface area contributed by atoms with E-state index in [0.29, 0.717) is 18.4 Å². The normalized spacial score (nSPS) is 19.6. The molecule has 106 valence electrons. The van der Waals surface area contributed by atoms with Gasteiger partial charge >= 0.3 is 0 Å². The van der Waals surface area contributed by atoms with E-state index in [0.717, 1.165) is 25.5 Å². The lowest BCUT2D eigenvalue weighted by Gasteiger charge is -2.15. The minimum atomic E-state index is 0.304. The Morgan fingerprint density at radius 2 is 2.25 bits per heavy atom. The Bertz CT molecular complexity index is 581. The molecule has 0 saturated carbocycles. The Morgan fingerprint density at radius 3 is 3.00 bits per heavy atom. The van der Waals surface area contributed by atoms with Crippen molar-refractivity contribution in [2.24, 2.45) is 5.73 Å². The van der Waals surface area contributed by atoms with Crippen molar-refractivity contribution in [2.75, 3.05) is 13.1 Å². The molecular weight excluding hydrogens is 252 g/mol. The van der Waals surface area contributed by atoms with Gasteiger partial charge in [0.05, 0.1) is 13.1 Å². The largest absolute Gasteiger partial charge is 0.338 e. The van der Waals surface area contributed by atoms with Gasteiger partial charge in [-0.3, -0.25) is 4.90 Å². The number of hydrogen-bond donors (Lipinski definition) is 1. The summed E-state index contributed by atoms with van der Waals surface area (Å²) >= 11 is 0. The summed E-state index contributed by atoms with van der Waals surface area (Å²) in [7, 11) is 0. The fraction of sp³-hybridized carbons (Fsp3) is 0.467. The van der Waals surface area contributed by atoms with Gasteiger partial charge in [-0.2, -0.15) is 4.98 Å². The second kappa shape index (κ2) is 5.73. The van der Waals surface area contributed by atoms with Gasteiger partial charge in [0.25, 0.3) is 0 Å². The zero-order chi connectivity index (χ0) is 13.9. The van der Waals surface area contributed by atoms with Crippen LogP contribution in [0.25, 0.3) is 0 Å². The highest BCUT2D eigenvalue weighted by Crippen LogP contribution is 2.29. The topological polar surface area (TPSA) is 68.2 Å². The molecule has 0 aliphatic carbocycles. The van der Waals surface area contributed by atoms with Crippen molar-refractivity contribution < 1.29 is 4.52 Å². The summed E-state index contributed by atoms with van der Waals surface area (Å²) in [6.07, 6.45) is 1.19. The average Bonchev–Trinajstić information content (AvgIpc) is 3.09. The third kappa shape index (κ3) is 2.73. The SMILES string of the molecule is Cc1ccccc1C1CCN(Cc2noc(CN)n2)C1. The van der Waals surface area contributed by atoms with Crippen LogP contribution in [0.5, 0.6) is 0 Å². The maximum absolute atomic E-state index is 5.48. The van der Waals surface area contributed by atoms with Crippen LogP contribution in [0.3, 0.4) is 0 Å². The van der Waals surface area contributed by atoms with E-state index in [4.69, 9.17) is 10.3 Å². The van der Waals surface area contributed by atoms with Gasteiger partial charge in [0, 0.05) is 6.54 Å². The molecular formula is C15H20N4O. The maximum Gasteiger partial charge on any atom is 0.240 e. The predicted octanol–water partition coefficient (Wildman–Crippen LogP) is 1.83. The van der Waals surface area contributed by atoms with E-state index >= 15 is 0 Å². The summed E-state index contributed by atoms with van der Waals surface area (Å²) in [5.41, 5.74) is 8.32. The second-order valence-electron chi connectivity index (χ2n) is 5.39. The summed E-state index contributed by atoms with van der Waals surface area (Å²) in [4.78, 5) is 6.64. The van der Waals surface area contributed by atoms with Crippen molar-refractivity contribution in [3.63, 3.8) is 0 Å². The van der Waals surface area contributed by atoms with Crippen molar-refractivity contribution in [1.29, 1.82) is 0 Å². The van der Waals surface area contributed by atoms with Gasteiger partial charge in [-0.05, 0) is 36.9 Å². The Labute approximate surface area is 118 Å². The Morgan fingerprint density at radius 1 is 1.40 bits per heavy atom.